The monoisotopic (exact) mass is 902 g/mol. The maximum absolute atomic E-state index is 13.7. The summed E-state index contributed by atoms with van der Waals surface area (Å²) in [5.74, 6) is 1.45. The number of aromatic nitrogens is 1. The zero-order valence-electron chi connectivity index (χ0n) is 41.7. The molecule has 1 aromatic heterocycles. The van der Waals surface area contributed by atoms with Crippen LogP contribution < -0.4 is 15.4 Å². The highest BCUT2D eigenvalue weighted by molar-refractivity contribution is 6.36. The number of aryl methyl sites for hydroxylation is 1. The molecule has 0 saturated carbocycles. The van der Waals surface area contributed by atoms with Crippen molar-refractivity contribution in [2.75, 3.05) is 39.7 Å². The number of likely N-dealkylation sites (N-methyl/N-ethyl adjacent to an activating group) is 1. The highest BCUT2D eigenvalue weighted by Crippen LogP contribution is 2.43. The summed E-state index contributed by atoms with van der Waals surface area (Å²) in [6.07, 6.45) is 11.0. The first kappa shape index (κ1) is 55.5. The molecule has 0 spiro atoms. The molecule has 2 N–H and O–H groups in total. The Bertz CT molecular complexity index is 2010. The van der Waals surface area contributed by atoms with Crippen molar-refractivity contribution in [3.05, 3.63) is 88.4 Å². The van der Waals surface area contributed by atoms with Gasteiger partial charge in [0.25, 0.3) is 11.8 Å². The fourth-order valence-corrected chi connectivity index (χ4v) is 7.86. The highest BCUT2D eigenvalue weighted by Gasteiger charge is 2.32. The minimum Gasteiger partial charge on any atom is -0.481 e. The van der Waals surface area contributed by atoms with Gasteiger partial charge in [0.05, 0.1) is 24.4 Å². The third-order valence-electron chi connectivity index (χ3n) is 12.2. The summed E-state index contributed by atoms with van der Waals surface area (Å²) in [5.41, 5.74) is 7.36. The average Bonchev–Trinajstić information content (AvgIpc) is 3.81. The number of anilines is 1. The Morgan fingerprint density at radius 3 is 2.16 bits per heavy atom. The van der Waals surface area contributed by atoms with Crippen LogP contribution in [0, 0.1) is 11.8 Å². The second-order valence-electron chi connectivity index (χ2n) is 16.2. The van der Waals surface area contributed by atoms with E-state index in [2.05, 4.69) is 64.8 Å². The summed E-state index contributed by atoms with van der Waals surface area (Å²) in [7, 11) is 4.86. The number of halogens is 1. The number of carbonyl (C=O) groups is 3. The molecule has 2 aliphatic rings. The largest absolute Gasteiger partial charge is 0.481 e. The molecular weight excluding hydrogens is 822 g/mol. The molecule has 354 valence electrons. The summed E-state index contributed by atoms with van der Waals surface area (Å²) in [6.45, 7) is 27.8. The van der Waals surface area contributed by atoms with E-state index in [9.17, 15) is 14.4 Å². The molecular formula is C53H80ClN5O5. The van der Waals surface area contributed by atoms with Crippen LogP contribution in [0.15, 0.2) is 66.6 Å². The van der Waals surface area contributed by atoms with Crippen LogP contribution in [0.25, 0.3) is 22.4 Å². The van der Waals surface area contributed by atoms with Gasteiger partial charge in [0.2, 0.25) is 11.8 Å². The fraction of sp³-hybridized carbons (Fsp3) is 0.547. The van der Waals surface area contributed by atoms with Gasteiger partial charge in [0, 0.05) is 61.2 Å². The van der Waals surface area contributed by atoms with Crippen LogP contribution in [0.4, 0.5) is 5.69 Å². The molecule has 0 fully saturated rings. The molecule has 0 bridgehead atoms. The summed E-state index contributed by atoms with van der Waals surface area (Å²) in [6, 6.07) is 14.2. The van der Waals surface area contributed by atoms with Crippen molar-refractivity contribution in [3.63, 3.8) is 0 Å². The van der Waals surface area contributed by atoms with Gasteiger partial charge in [0.15, 0.2) is 0 Å². The second-order valence-corrected chi connectivity index (χ2v) is 16.6. The lowest BCUT2D eigenvalue weighted by Crippen LogP contribution is -2.43. The number of ether oxygens (including phenoxy) is 2. The van der Waals surface area contributed by atoms with Crippen molar-refractivity contribution in [2.24, 2.45) is 11.8 Å². The number of hydrogen-bond donors (Lipinski definition) is 2. The van der Waals surface area contributed by atoms with E-state index in [1.54, 1.807) is 32.4 Å². The SMILES string of the molecule is C=C1N(CCOC)C=C(C(=O)Nc2cccc(-c3cccc(-c4cc5c(c(OC)n4)CCC5)c3Cl)c2C(C)CC)C(=O)N1C.CC.CC.CCC(C)CCC(CC)NC(=O)C(C)CC. The molecule has 5 rings (SSSR count). The lowest BCUT2D eigenvalue weighted by atomic mass is 9.87. The number of rotatable bonds is 18. The maximum atomic E-state index is 13.7. The summed E-state index contributed by atoms with van der Waals surface area (Å²) >= 11 is 7.18. The van der Waals surface area contributed by atoms with E-state index in [4.69, 9.17) is 26.1 Å². The van der Waals surface area contributed by atoms with Gasteiger partial charge in [-0.1, -0.05) is 131 Å². The van der Waals surface area contributed by atoms with Gasteiger partial charge >= 0.3 is 0 Å². The molecule has 2 heterocycles. The van der Waals surface area contributed by atoms with Crippen molar-refractivity contribution in [1.29, 1.82) is 0 Å². The topological polar surface area (TPSA) is 113 Å². The number of methoxy groups -OCH3 is 2. The molecule has 0 saturated heterocycles. The lowest BCUT2D eigenvalue weighted by molar-refractivity contribution is -0.128. The number of fused-ring (bicyclic) bond motifs is 1. The minimum absolute atomic E-state index is 0.0215. The first-order chi connectivity index (χ1) is 30.7. The summed E-state index contributed by atoms with van der Waals surface area (Å²) in [4.78, 5) is 46.5. The molecule has 0 radical (unpaired) electrons. The maximum Gasteiger partial charge on any atom is 0.266 e. The first-order valence-corrected chi connectivity index (χ1v) is 24.2. The zero-order chi connectivity index (χ0) is 48.1. The number of benzene rings is 2. The van der Waals surface area contributed by atoms with Crippen LogP contribution in [0.5, 0.6) is 5.88 Å². The Morgan fingerprint density at radius 1 is 0.891 bits per heavy atom. The van der Waals surface area contributed by atoms with Gasteiger partial charge in [-0.3, -0.25) is 19.3 Å². The first-order valence-electron chi connectivity index (χ1n) is 23.8. The van der Waals surface area contributed by atoms with Crippen LogP contribution >= 0.6 is 11.6 Å². The third kappa shape index (κ3) is 14.4. The number of hydrogen-bond acceptors (Lipinski definition) is 7. The smallest absolute Gasteiger partial charge is 0.266 e. The Hall–Kier alpha value is -4.67. The molecule has 10 nitrogen and oxygen atoms in total. The van der Waals surface area contributed by atoms with Crippen LogP contribution in [-0.4, -0.2) is 73.0 Å². The van der Waals surface area contributed by atoms with E-state index in [1.165, 1.54) is 28.9 Å². The van der Waals surface area contributed by atoms with E-state index in [1.807, 2.05) is 71.0 Å². The molecule has 3 aromatic rings. The predicted octanol–water partition coefficient (Wildman–Crippen LogP) is 12.6. The molecule has 3 amide bonds. The van der Waals surface area contributed by atoms with E-state index >= 15 is 0 Å². The lowest BCUT2D eigenvalue weighted by Gasteiger charge is -2.34. The van der Waals surface area contributed by atoms with Crippen molar-refractivity contribution in [3.8, 4) is 28.3 Å². The van der Waals surface area contributed by atoms with Crippen LogP contribution in [0.1, 0.15) is 144 Å². The van der Waals surface area contributed by atoms with E-state index in [0.29, 0.717) is 41.6 Å². The number of carbonyl (C=O) groups excluding carboxylic acids is 3. The van der Waals surface area contributed by atoms with Crippen molar-refractivity contribution in [1.82, 2.24) is 20.1 Å². The standard InChI is InChI=1S/C35H39ClN4O4.C14H29NO.2C2H6/c1-7-21(2)31-25(26-14-9-15-27(32(26)36)30-19-23-11-8-12-24(23)34(38-30)44-6)13-10-16-29(31)37-33(41)28-20-40(17-18-43-5)22(3)39(4)35(28)42;1-6-11(4)9-10-13(8-3)15-14(16)12(5)7-2;2*1-2/h9-10,13-16,19-21H,3,7-8,11-12,17-18H2,1-2,4-6H3,(H,37,41);11-13H,6-10H2,1-5H3,(H,15,16);2*1-2H3. The normalized spacial score (nSPS) is 14.8. The van der Waals surface area contributed by atoms with Gasteiger partial charge in [-0.15, -0.1) is 0 Å². The Labute approximate surface area is 391 Å². The molecule has 64 heavy (non-hydrogen) atoms. The quantitative estimate of drug-likeness (QED) is 0.122. The average molecular weight is 903 g/mol. The Balaban J connectivity index is 0.000000595. The van der Waals surface area contributed by atoms with Gasteiger partial charge in [-0.05, 0) is 92.0 Å². The van der Waals surface area contributed by atoms with Crippen molar-refractivity contribution < 1.29 is 23.9 Å². The second kappa shape index (κ2) is 28.3. The van der Waals surface area contributed by atoms with Crippen LogP contribution in [0.3, 0.4) is 0 Å². The summed E-state index contributed by atoms with van der Waals surface area (Å²) in [5, 5.41) is 6.78. The number of amides is 3. The van der Waals surface area contributed by atoms with Gasteiger partial charge in [-0.25, -0.2) is 4.98 Å². The fourth-order valence-electron chi connectivity index (χ4n) is 7.54. The molecule has 1 aliphatic carbocycles. The van der Waals surface area contributed by atoms with E-state index in [-0.39, 0.29) is 23.3 Å². The predicted molar refractivity (Wildman–Crippen MR) is 268 cm³/mol. The number of pyridine rings is 1. The van der Waals surface area contributed by atoms with Crippen LogP contribution in [-0.2, 0) is 32.0 Å². The Morgan fingerprint density at radius 2 is 1.55 bits per heavy atom. The summed E-state index contributed by atoms with van der Waals surface area (Å²) < 4.78 is 10.8. The highest BCUT2D eigenvalue weighted by atomic mass is 35.5. The zero-order valence-corrected chi connectivity index (χ0v) is 42.4. The molecule has 11 heteroatoms. The van der Waals surface area contributed by atoms with Crippen molar-refractivity contribution >= 4 is 35.0 Å². The van der Waals surface area contributed by atoms with Crippen LogP contribution in [0.2, 0.25) is 5.02 Å². The Kier molecular flexibility index (Phi) is 24.5. The molecule has 1 aliphatic heterocycles. The van der Waals surface area contributed by atoms with Gasteiger partial charge < -0.3 is 25.0 Å². The molecule has 2 aromatic carbocycles. The van der Waals surface area contributed by atoms with E-state index < -0.39 is 11.8 Å². The van der Waals surface area contributed by atoms with Gasteiger partial charge in [-0.2, -0.15) is 0 Å². The van der Waals surface area contributed by atoms with E-state index in [0.717, 1.165) is 78.8 Å². The van der Waals surface area contributed by atoms with Gasteiger partial charge in [0.1, 0.15) is 11.4 Å². The number of nitrogens with one attached hydrogen (secondary N) is 2. The number of nitrogens with zero attached hydrogens (tertiary/aromatic N) is 3. The molecule has 4 unspecified atom stereocenters. The third-order valence-corrected chi connectivity index (χ3v) is 12.6. The molecule has 4 atom stereocenters. The van der Waals surface area contributed by atoms with Crippen molar-refractivity contribution in [2.45, 2.75) is 146 Å². The minimum atomic E-state index is -0.493.